The first-order chi connectivity index (χ1) is 14.1. The summed E-state index contributed by atoms with van der Waals surface area (Å²) in [4.78, 5) is 27.2. The SMILES string of the molecule is O=C(C1=NN(c2ccc(Cl)cc2)C(=O)CC1)N1CCC(Cc2ccccc2)CC1. The summed E-state index contributed by atoms with van der Waals surface area (Å²) < 4.78 is 0. The number of hydrogen-bond donors (Lipinski definition) is 0. The Kier molecular flexibility index (Phi) is 5.95. The van der Waals surface area contributed by atoms with E-state index in [2.05, 4.69) is 29.4 Å². The minimum absolute atomic E-state index is 0.0466. The van der Waals surface area contributed by atoms with Gasteiger partial charge in [-0.05, 0) is 55.0 Å². The van der Waals surface area contributed by atoms with Crippen LogP contribution < -0.4 is 5.01 Å². The van der Waals surface area contributed by atoms with Crippen LogP contribution in [-0.4, -0.2) is 35.5 Å². The highest BCUT2D eigenvalue weighted by atomic mass is 35.5. The minimum Gasteiger partial charge on any atom is -0.338 e. The average Bonchev–Trinajstić information content (AvgIpc) is 2.76. The molecule has 2 aliphatic rings. The zero-order chi connectivity index (χ0) is 20.2. The summed E-state index contributed by atoms with van der Waals surface area (Å²) in [6.45, 7) is 1.48. The molecule has 0 spiro atoms. The van der Waals surface area contributed by atoms with Crippen LogP contribution in [0.15, 0.2) is 59.7 Å². The molecular weight excluding hydrogens is 386 g/mol. The molecule has 150 valence electrons. The summed E-state index contributed by atoms with van der Waals surface area (Å²) in [6.07, 6.45) is 3.73. The van der Waals surface area contributed by atoms with E-state index in [0.29, 0.717) is 28.8 Å². The summed E-state index contributed by atoms with van der Waals surface area (Å²) in [7, 11) is 0. The van der Waals surface area contributed by atoms with Crippen molar-refractivity contribution in [1.29, 1.82) is 0 Å². The number of anilines is 1. The van der Waals surface area contributed by atoms with Gasteiger partial charge in [0.2, 0.25) is 5.91 Å². The first-order valence-electron chi connectivity index (χ1n) is 10.1. The second-order valence-corrected chi connectivity index (χ2v) is 8.09. The molecule has 2 heterocycles. The Bertz CT molecular complexity index is 903. The summed E-state index contributed by atoms with van der Waals surface area (Å²) in [5.41, 5.74) is 2.44. The number of carbonyl (C=O) groups excluding carboxylic acids is 2. The van der Waals surface area contributed by atoms with Crippen molar-refractivity contribution in [3.63, 3.8) is 0 Å². The lowest BCUT2D eigenvalue weighted by molar-refractivity contribution is -0.125. The second-order valence-electron chi connectivity index (χ2n) is 7.65. The van der Waals surface area contributed by atoms with Gasteiger partial charge >= 0.3 is 0 Å². The van der Waals surface area contributed by atoms with Gasteiger partial charge in [0.05, 0.1) is 5.69 Å². The van der Waals surface area contributed by atoms with Gasteiger partial charge in [-0.2, -0.15) is 5.10 Å². The largest absolute Gasteiger partial charge is 0.338 e. The van der Waals surface area contributed by atoms with Gasteiger partial charge < -0.3 is 4.90 Å². The van der Waals surface area contributed by atoms with Crippen LogP contribution in [-0.2, 0) is 16.0 Å². The van der Waals surface area contributed by atoms with Gasteiger partial charge in [0.1, 0.15) is 5.71 Å². The molecule has 0 aliphatic carbocycles. The van der Waals surface area contributed by atoms with E-state index in [0.717, 1.165) is 32.4 Å². The number of carbonyl (C=O) groups is 2. The molecule has 1 fully saturated rings. The zero-order valence-electron chi connectivity index (χ0n) is 16.3. The molecule has 6 heteroatoms. The van der Waals surface area contributed by atoms with E-state index in [-0.39, 0.29) is 18.2 Å². The van der Waals surface area contributed by atoms with Crippen molar-refractivity contribution < 1.29 is 9.59 Å². The first-order valence-corrected chi connectivity index (χ1v) is 10.5. The third kappa shape index (κ3) is 4.67. The number of halogens is 1. The molecule has 0 aromatic heterocycles. The van der Waals surface area contributed by atoms with Crippen molar-refractivity contribution >= 4 is 34.8 Å². The number of likely N-dealkylation sites (tertiary alicyclic amines) is 1. The van der Waals surface area contributed by atoms with E-state index < -0.39 is 0 Å². The highest BCUT2D eigenvalue weighted by Crippen LogP contribution is 2.25. The van der Waals surface area contributed by atoms with Crippen molar-refractivity contribution in [1.82, 2.24) is 4.90 Å². The molecule has 0 bridgehead atoms. The van der Waals surface area contributed by atoms with Crippen LogP contribution in [0.1, 0.15) is 31.2 Å². The standard InChI is InChI=1S/C23H24ClN3O2/c24-19-6-8-20(9-7-19)27-22(28)11-10-21(25-27)23(29)26-14-12-18(13-15-26)16-17-4-2-1-3-5-17/h1-9,18H,10-16H2. The van der Waals surface area contributed by atoms with Crippen molar-refractivity contribution in [3.8, 4) is 0 Å². The molecule has 0 N–H and O–H groups in total. The smallest absolute Gasteiger partial charge is 0.270 e. The maximum atomic E-state index is 13.0. The zero-order valence-corrected chi connectivity index (χ0v) is 17.0. The van der Waals surface area contributed by atoms with E-state index in [1.54, 1.807) is 24.3 Å². The topological polar surface area (TPSA) is 53.0 Å². The van der Waals surface area contributed by atoms with Crippen molar-refractivity contribution in [3.05, 3.63) is 65.2 Å². The van der Waals surface area contributed by atoms with Gasteiger partial charge in [-0.3, -0.25) is 9.59 Å². The van der Waals surface area contributed by atoms with Crippen molar-refractivity contribution in [2.75, 3.05) is 18.1 Å². The number of nitrogens with zero attached hydrogens (tertiary/aromatic N) is 3. The fraction of sp³-hybridized carbons (Fsp3) is 0.348. The molecule has 0 radical (unpaired) electrons. The lowest BCUT2D eigenvalue weighted by Gasteiger charge is -2.33. The maximum absolute atomic E-state index is 13.0. The normalized spacial score (nSPS) is 18.0. The molecule has 0 atom stereocenters. The number of hydrogen-bond acceptors (Lipinski definition) is 3. The van der Waals surface area contributed by atoms with Crippen molar-refractivity contribution in [2.45, 2.75) is 32.1 Å². The van der Waals surface area contributed by atoms with Crippen LogP contribution in [0.4, 0.5) is 5.69 Å². The highest BCUT2D eigenvalue weighted by molar-refractivity contribution is 6.40. The van der Waals surface area contributed by atoms with Gasteiger partial charge in [-0.1, -0.05) is 41.9 Å². The number of piperidine rings is 1. The van der Waals surface area contributed by atoms with E-state index in [4.69, 9.17) is 11.6 Å². The molecule has 4 rings (SSSR count). The van der Waals surface area contributed by atoms with Gasteiger partial charge in [0, 0.05) is 31.0 Å². The van der Waals surface area contributed by atoms with Crippen LogP contribution in [0.5, 0.6) is 0 Å². The Balaban J connectivity index is 1.39. The van der Waals surface area contributed by atoms with Crippen LogP contribution in [0.25, 0.3) is 0 Å². The molecule has 2 aromatic carbocycles. The number of amides is 2. The fourth-order valence-electron chi connectivity index (χ4n) is 3.96. The Morgan fingerprint density at radius 1 is 1.00 bits per heavy atom. The molecule has 2 aromatic rings. The Morgan fingerprint density at radius 3 is 2.38 bits per heavy atom. The second kappa shape index (κ2) is 8.78. The predicted octanol–water partition coefficient (Wildman–Crippen LogP) is 4.30. The molecule has 2 amide bonds. The molecule has 1 saturated heterocycles. The minimum atomic E-state index is -0.106. The molecule has 0 saturated carbocycles. The van der Waals surface area contributed by atoms with Crippen LogP contribution in [0.2, 0.25) is 5.02 Å². The Hall–Kier alpha value is -2.66. The van der Waals surface area contributed by atoms with Crippen molar-refractivity contribution in [2.24, 2.45) is 11.0 Å². The fourth-order valence-corrected chi connectivity index (χ4v) is 4.09. The summed E-state index contributed by atoms with van der Waals surface area (Å²) in [5.74, 6) is 0.446. The van der Waals surface area contributed by atoms with Crippen LogP contribution >= 0.6 is 11.6 Å². The quantitative estimate of drug-likeness (QED) is 0.755. The maximum Gasteiger partial charge on any atom is 0.270 e. The molecule has 5 nitrogen and oxygen atoms in total. The van der Waals surface area contributed by atoms with E-state index in [1.165, 1.54) is 10.6 Å². The van der Waals surface area contributed by atoms with Gasteiger partial charge in [-0.15, -0.1) is 0 Å². The lowest BCUT2D eigenvalue weighted by atomic mass is 9.90. The van der Waals surface area contributed by atoms with E-state index in [1.807, 2.05) is 11.0 Å². The van der Waals surface area contributed by atoms with E-state index >= 15 is 0 Å². The average molecular weight is 410 g/mol. The third-order valence-corrected chi connectivity index (χ3v) is 5.87. The van der Waals surface area contributed by atoms with Gasteiger partial charge in [-0.25, -0.2) is 5.01 Å². The van der Waals surface area contributed by atoms with Gasteiger partial charge in [0.15, 0.2) is 0 Å². The lowest BCUT2D eigenvalue weighted by Crippen LogP contribution is -2.45. The summed E-state index contributed by atoms with van der Waals surface area (Å²) >= 11 is 5.93. The summed E-state index contributed by atoms with van der Waals surface area (Å²) in [5, 5.41) is 6.31. The van der Waals surface area contributed by atoms with E-state index in [9.17, 15) is 9.59 Å². The Labute approximate surface area is 176 Å². The predicted molar refractivity (Wildman–Crippen MR) is 115 cm³/mol. The molecule has 2 aliphatic heterocycles. The van der Waals surface area contributed by atoms with Gasteiger partial charge in [0.25, 0.3) is 5.91 Å². The number of benzene rings is 2. The highest BCUT2D eigenvalue weighted by Gasteiger charge is 2.30. The monoisotopic (exact) mass is 409 g/mol. The van der Waals surface area contributed by atoms with Crippen LogP contribution in [0, 0.1) is 5.92 Å². The number of hydrazone groups is 1. The molecule has 0 unspecified atom stereocenters. The third-order valence-electron chi connectivity index (χ3n) is 5.62. The Morgan fingerprint density at radius 2 is 1.69 bits per heavy atom. The summed E-state index contributed by atoms with van der Waals surface area (Å²) in [6, 6.07) is 17.4. The molecule has 29 heavy (non-hydrogen) atoms. The number of rotatable bonds is 4. The first kappa shape index (κ1) is 19.6. The molecular formula is C23H24ClN3O2. The van der Waals surface area contributed by atoms with Crippen LogP contribution in [0.3, 0.4) is 0 Å².